The van der Waals surface area contributed by atoms with E-state index in [0.29, 0.717) is 11.0 Å². The lowest BCUT2D eigenvalue weighted by molar-refractivity contribution is -0.130. The molecule has 0 aliphatic heterocycles. The molecule has 2 aromatic carbocycles. The van der Waals surface area contributed by atoms with E-state index in [1.54, 1.807) is 30.1 Å². The fourth-order valence-electron chi connectivity index (χ4n) is 2.17. The molecular weight excluding hydrogens is 392 g/mol. The Morgan fingerprint density at radius 2 is 1.71 bits per heavy atom. The molecule has 0 radical (unpaired) electrons. The maximum atomic E-state index is 12.2. The van der Waals surface area contributed by atoms with E-state index in [2.05, 4.69) is 20.7 Å². The number of rotatable bonds is 7. The molecule has 0 saturated carbocycles. The Morgan fingerprint density at radius 3 is 2.38 bits per heavy atom. The first kappa shape index (κ1) is 18.6. The normalized spacial score (nSPS) is 11.2. The van der Waals surface area contributed by atoms with Gasteiger partial charge in [0.15, 0.2) is 0 Å². The van der Waals surface area contributed by atoms with Gasteiger partial charge in [0.2, 0.25) is 15.9 Å². The Hall–Kier alpha value is -1.70. The number of nitrogens with one attached hydrogen (secondary N) is 1. The van der Waals surface area contributed by atoms with Gasteiger partial charge in [-0.25, -0.2) is 13.1 Å². The van der Waals surface area contributed by atoms with Crippen LogP contribution in [0.1, 0.15) is 12.0 Å². The van der Waals surface area contributed by atoms with Gasteiger partial charge in [-0.05, 0) is 33.6 Å². The molecular formula is C17H19BrN2O3S. The first-order valence-corrected chi connectivity index (χ1v) is 9.70. The van der Waals surface area contributed by atoms with E-state index in [1.165, 1.54) is 6.07 Å². The van der Waals surface area contributed by atoms with Crippen molar-refractivity contribution in [3.8, 4) is 0 Å². The summed E-state index contributed by atoms with van der Waals surface area (Å²) in [4.78, 5) is 13.9. The van der Waals surface area contributed by atoms with Gasteiger partial charge in [-0.3, -0.25) is 4.79 Å². The molecule has 7 heteroatoms. The minimum absolute atomic E-state index is 0.0572. The minimum Gasteiger partial charge on any atom is -0.341 e. The minimum atomic E-state index is -3.64. The number of benzene rings is 2. The van der Waals surface area contributed by atoms with E-state index in [-0.39, 0.29) is 23.8 Å². The summed E-state index contributed by atoms with van der Waals surface area (Å²) in [5.74, 6) is -0.117. The van der Waals surface area contributed by atoms with Gasteiger partial charge < -0.3 is 4.90 Å². The number of halogens is 1. The Balaban J connectivity index is 1.87. The number of carbonyl (C=O) groups excluding carboxylic acids is 1. The highest BCUT2D eigenvalue weighted by atomic mass is 79.9. The largest absolute Gasteiger partial charge is 0.341 e. The van der Waals surface area contributed by atoms with Crippen LogP contribution >= 0.6 is 15.9 Å². The maximum absolute atomic E-state index is 12.2. The quantitative estimate of drug-likeness (QED) is 0.762. The van der Waals surface area contributed by atoms with Crippen molar-refractivity contribution >= 4 is 31.9 Å². The third-order valence-corrected chi connectivity index (χ3v) is 5.92. The SMILES string of the molecule is CN(Cc1ccccc1)C(=O)CCNS(=O)(=O)c1ccccc1Br. The molecule has 1 N–H and O–H groups in total. The third-order valence-electron chi connectivity index (χ3n) is 3.45. The van der Waals surface area contributed by atoms with Crippen molar-refractivity contribution in [2.75, 3.05) is 13.6 Å². The van der Waals surface area contributed by atoms with E-state index >= 15 is 0 Å². The van der Waals surface area contributed by atoms with Crippen LogP contribution in [0, 0.1) is 0 Å². The van der Waals surface area contributed by atoms with Crippen molar-refractivity contribution < 1.29 is 13.2 Å². The van der Waals surface area contributed by atoms with E-state index in [1.807, 2.05) is 30.3 Å². The zero-order valence-electron chi connectivity index (χ0n) is 13.3. The van der Waals surface area contributed by atoms with Crippen LogP contribution in [0.3, 0.4) is 0 Å². The Morgan fingerprint density at radius 1 is 1.08 bits per heavy atom. The lowest BCUT2D eigenvalue weighted by Gasteiger charge is -2.17. The number of hydrogen-bond donors (Lipinski definition) is 1. The van der Waals surface area contributed by atoms with Crippen molar-refractivity contribution in [2.45, 2.75) is 17.9 Å². The van der Waals surface area contributed by atoms with Crippen LogP contribution in [0.4, 0.5) is 0 Å². The van der Waals surface area contributed by atoms with E-state index in [9.17, 15) is 13.2 Å². The van der Waals surface area contributed by atoms with Crippen molar-refractivity contribution in [3.05, 3.63) is 64.6 Å². The molecule has 24 heavy (non-hydrogen) atoms. The average molecular weight is 411 g/mol. The lowest BCUT2D eigenvalue weighted by Crippen LogP contribution is -2.32. The Kier molecular flexibility index (Phi) is 6.53. The predicted octanol–water partition coefficient (Wildman–Crippen LogP) is 2.78. The van der Waals surface area contributed by atoms with Crippen molar-refractivity contribution in [1.82, 2.24) is 9.62 Å². The number of amides is 1. The number of sulfonamides is 1. The summed E-state index contributed by atoms with van der Waals surface area (Å²) in [6.07, 6.45) is 0.104. The summed E-state index contributed by atoms with van der Waals surface area (Å²) >= 11 is 3.22. The topological polar surface area (TPSA) is 66.5 Å². The molecule has 0 aromatic heterocycles. The monoisotopic (exact) mass is 410 g/mol. The predicted molar refractivity (Wildman–Crippen MR) is 96.9 cm³/mol. The lowest BCUT2D eigenvalue weighted by atomic mass is 10.2. The fourth-order valence-corrected chi connectivity index (χ4v) is 4.20. The van der Waals surface area contributed by atoms with Crippen molar-refractivity contribution in [3.63, 3.8) is 0 Å². The molecule has 0 unspecified atom stereocenters. The van der Waals surface area contributed by atoms with Crippen LogP contribution in [0.5, 0.6) is 0 Å². The smallest absolute Gasteiger partial charge is 0.241 e. The summed E-state index contributed by atoms with van der Waals surface area (Å²) < 4.78 is 27.4. The Bertz CT molecular complexity index is 794. The maximum Gasteiger partial charge on any atom is 0.241 e. The number of nitrogens with zero attached hydrogens (tertiary/aromatic N) is 1. The molecule has 2 aromatic rings. The van der Waals surface area contributed by atoms with E-state index in [0.717, 1.165) is 5.56 Å². The highest BCUT2D eigenvalue weighted by Crippen LogP contribution is 2.20. The van der Waals surface area contributed by atoms with Crippen LogP contribution in [-0.4, -0.2) is 32.8 Å². The van der Waals surface area contributed by atoms with Crippen molar-refractivity contribution in [2.24, 2.45) is 0 Å². The van der Waals surface area contributed by atoms with Gasteiger partial charge in [-0.1, -0.05) is 42.5 Å². The molecule has 0 aliphatic carbocycles. The van der Waals surface area contributed by atoms with Gasteiger partial charge in [0, 0.05) is 31.0 Å². The second-order valence-electron chi connectivity index (χ2n) is 5.31. The molecule has 0 saturated heterocycles. The fraction of sp³-hybridized carbons (Fsp3) is 0.235. The highest BCUT2D eigenvalue weighted by Gasteiger charge is 2.17. The van der Waals surface area contributed by atoms with Gasteiger partial charge in [0.1, 0.15) is 0 Å². The molecule has 0 atom stereocenters. The number of carbonyl (C=O) groups is 1. The standard InChI is InChI=1S/C17H19BrN2O3S/c1-20(13-14-7-3-2-4-8-14)17(21)11-12-19-24(22,23)16-10-6-5-9-15(16)18/h2-10,19H,11-13H2,1H3. The van der Waals surface area contributed by atoms with Crippen molar-refractivity contribution in [1.29, 1.82) is 0 Å². The molecule has 5 nitrogen and oxygen atoms in total. The summed E-state index contributed by atoms with van der Waals surface area (Å²) in [5, 5.41) is 0. The summed E-state index contributed by atoms with van der Waals surface area (Å²) in [6.45, 7) is 0.554. The van der Waals surface area contributed by atoms with Gasteiger partial charge >= 0.3 is 0 Å². The molecule has 0 spiro atoms. The molecule has 2 rings (SSSR count). The average Bonchev–Trinajstić information content (AvgIpc) is 2.55. The number of hydrogen-bond acceptors (Lipinski definition) is 3. The van der Waals surface area contributed by atoms with Gasteiger partial charge in [0.25, 0.3) is 0 Å². The van der Waals surface area contributed by atoms with Crippen LogP contribution in [0.2, 0.25) is 0 Å². The Labute approximate surface area is 150 Å². The molecule has 0 fully saturated rings. The van der Waals surface area contributed by atoms with Crippen LogP contribution < -0.4 is 4.72 Å². The van der Waals surface area contributed by atoms with Gasteiger partial charge in [0.05, 0.1) is 4.90 Å². The van der Waals surface area contributed by atoms with Crippen LogP contribution in [0.25, 0.3) is 0 Å². The van der Waals surface area contributed by atoms with Crippen LogP contribution in [0.15, 0.2) is 64.0 Å². The summed E-state index contributed by atoms with van der Waals surface area (Å²) in [7, 11) is -1.93. The van der Waals surface area contributed by atoms with Gasteiger partial charge in [-0.2, -0.15) is 0 Å². The highest BCUT2D eigenvalue weighted by molar-refractivity contribution is 9.10. The molecule has 0 heterocycles. The second-order valence-corrected chi connectivity index (χ2v) is 7.90. The zero-order chi connectivity index (χ0) is 17.6. The van der Waals surface area contributed by atoms with E-state index in [4.69, 9.17) is 0 Å². The molecule has 0 bridgehead atoms. The van der Waals surface area contributed by atoms with Crippen LogP contribution in [-0.2, 0) is 21.4 Å². The third kappa shape index (κ3) is 5.15. The first-order valence-electron chi connectivity index (χ1n) is 7.42. The zero-order valence-corrected chi connectivity index (χ0v) is 15.7. The van der Waals surface area contributed by atoms with E-state index < -0.39 is 10.0 Å². The molecule has 128 valence electrons. The van der Waals surface area contributed by atoms with Gasteiger partial charge in [-0.15, -0.1) is 0 Å². The molecule has 0 aliphatic rings. The summed E-state index contributed by atoms with van der Waals surface area (Å²) in [6, 6.07) is 16.2. The summed E-state index contributed by atoms with van der Waals surface area (Å²) in [5.41, 5.74) is 1.03. The first-order chi connectivity index (χ1) is 11.4. The molecule has 1 amide bonds. The second kappa shape index (κ2) is 8.41.